The Hall–Kier alpha value is -3.57. The monoisotopic (exact) mass is 511 g/mol. The normalized spacial score (nSPS) is 18.2. The van der Waals surface area contributed by atoms with Crippen LogP contribution in [0, 0.1) is 0 Å². The lowest BCUT2D eigenvalue weighted by Gasteiger charge is -2.27. The first-order valence-electron chi connectivity index (χ1n) is 11.1. The Kier molecular flexibility index (Phi) is 7.65. The van der Waals surface area contributed by atoms with E-state index in [1.807, 2.05) is 0 Å². The molecule has 0 spiro atoms. The Bertz CT molecular complexity index is 1150. The second-order valence-electron chi connectivity index (χ2n) is 9.41. The summed E-state index contributed by atoms with van der Waals surface area (Å²) in [6.45, 7) is 4.65. The zero-order valence-corrected chi connectivity index (χ0v) is 19.8. The Labute approximate surface area is 204 Å². The number of aromatic nitrogens is 2. The van der Waals surface area contributed by atoms with E-state index in [1.165, 1.54) is 6.07 Å². The van der Waals surface area contributed by atoms with Crippen LogP contribution in [0.4, 0.5) is 22.4 Å². The van der Waals surface area contributed by atoms with Gasteiger partial charge in [0.15, 0.2) is 5.78 Å². The standard InChI is InChI=1S/C24H25F4N3O5/c1-23(2,3)36-22(35)31-12-15(25)9-18(31)19(32)6-4-13-8-17(29-11-16(13)21(33)34)14-5-7-20(30-10-14)24(26,27)28/h5,7-8,10-11,15,18H,4,6,9,12H2,1-3H3,(H,33,34)/t15-,18+/m1/s1. The van der Waals surface area contributed by atoms with E-state index in [0.29, 0.717) is 0 Å². The molecular formula is C24H25F4N3O5. The quantitative estimate of drug-likeness (QED) is 0.560. The highest BCUT2D eigenvalue weighted by atomic mass is 19.4. The number of halogens is 4. The number of carbonyl (C=O) groups excluding carboxylic acids is 2. The van der Waals surface area contributed by atoms with Crippen LogP contribution in [-0.2, 0) is 22.1 Å². The van der Waals surface area contributed by atoms with E-state index in [2.05, 4.69) is 9.97 Å². The predicted octanol–water partition coefficient (Wildman–Crippen LogP) is 4.71. The maximum Gasteiger partial charge on any atom is 0.433 e. The number of amides is 1. The molecule has 0 radical (unpaired) electrons. The minimum Gasteiger partial charge on any atom is -0.478 e. The van der Waals surface area contributed by atoms with E-state index in [0.717, 1.165) is 29.4 Å². The van der Waals surface area contributed by atoms with Crippen molar-refractivity contribution in [2.24, 2.45) is 0 Å². The van der Waals surface area contributed by atoms with Crippen LogP contribution in [0.3, 0.4) is 0 Å². The van der Waals surface area contributed by atoms with E-state index >= 15 is 0 Å². The Balaban J connectivity index is 1.79. The lowest BCUT2D eigenvalue weighted by molar-refractivity contribution is -0.141. The number of carboxylic acids is 1. The highest BCUT2D eigenvalue weighted by molar-refractivity contribution is 5.91. The molecule has 2 atom stereocenters. The van der Waals surface area contributed by atoms with Gasteiger partial charge in [0.25, 0.3) is 0 Å². The number of hydrogen-bond donors (Lipinski definition) is 1. The highest BCUT2D eigenvalue weighted by Crippen LogP contribution is 2.30. The molecule has 2 aromatic heterocycles. The molecule has 0 bridgehead atoms. The van der Waals surface area contributed by atoms with Crippen molar-refractivity contribution in [3.8, 4) is 11.3 Å². The molecule has 194 valence electrons. The van der Waals surface area contributed by atoms with Gasteiger partial charge in [0.2, 0.25) is 0 Å². The molecule has 1 aliphatic rings. The first-order chi connectivity index (χ1) is 16.7. The average Bonchev–Trinajstić information content (AvgIpc) is 3.17. The van der Waals surface area contributed by atoms with Crippen LogP contribution >= 0.6 is 0 Å². The maximum absolute atomic E-state index is 14.1. The van der Waals surface area contributed by atoms with Gasteiger partial charge < -0.3 is 9.84 Å². The van der Waals surface area contributed by atoms with E-state index in [1.54, 1.807) is 20.8 Å². The summed E-state index contributed by atoms with van der Waals surface area (Å²) in [5.74, 6) is -1.77. The van der Waals surface area contributed by atoms with Crippen LogP contribution in [0.1, 0.15) is 55.2 Å². The van der Waals surface area contributed by atoms with Gasteiger partial charge in [-0.1, -0.05) is 0 Å². The Morgan fingerprint density at radius 1 is 1.14 bits per heavy atom. The minimum absolute atomic E-state index is 0.0698. The third-order valence-corrected chi connectivity index (χ3v) is 5.46. The lowest BCUT2D eigenvalue weighted by atomic mass is 9.98. The van der Waals surface area contributed by atoms with E-state index in [4.69, 9.17) is 4.74 Å². The van der Waals surface area contributed by atoms with Gasteiger partial charge in [-0.05, 0) is 51.0 Å². The zero-order chi connectivity index (χ0) is 26.8. The number of likely N-dealkylation sites (tertiary alicyclic amines) is 1. The van der Waals surface area contributed by atoms with Crippen LogP contribution in [0.25, 0.3) is 11.3 Å². The fourth-order valence-corrected chi connectivity index (χ4v) is 3.80. The molecule has 1 saturated heterocycles. The van der Waals surface area contributed by atoms with E-state index < -0.39 is 47.5 Å². The smallest absolute Gasteiger partial charge is 0.433 e. The van der Waals surface area contributed by atoms with Crippen molar-refractivity contribution in [2.75, 3.05) is 6.54 Å². The summed E-state index contributed by atoms with van der Waals surface area (Å²) in [6, 6.07) is 2.25. The number of rotatable bonds is 6. The molecule has 8 nitrogen and oxygen atoms in total. The van der Waals surface area contributed by atoms with Crippen molar-refractivity contribution in [3.05, 3.63) is 47.4 Å². The summed E-state index contributed by atoms with van der Waals surface area (Å²) in [5.41, 5.74) is -1.51. The predicted molar refractivity (Wildman–Crippen MR) is 119 cm³/mol. The van der Waals surface area contributed by atoms with Crippen LogP contribution < -0.4 is 0 Å². The van der Waals surface area contributed by atoms with Crippen molar-refractivity contribution < 1.29 is 41.8 Å². The third-order valence-electron chi connectivity index (χ3n) is 5.46. The third kappa shape index (κ3) is 6.55. The maximum atomic E-state index is 14.1. The minimum atomic E-state index is -4.61. The summed E-state index contributed by atoms with van der Waals surface area (Å²) in [5, 5.41) is 9.51. The molecule has 0 aliphatic carbocycles. The summed E-state index contributed by atoms with van der Waals surface area (Å²) in [6.07, 6.45) is -5.27. The molecule has 0 aromatic carbocycles. The first kappa shape index (κ1) is 27.0. The number of nitrogens with zero attached hydrogens (tertiary/aromatic N) is 3. The molecule has 3 rings (SSSR count). The van der Waals surface area contributed by atoms with Gasteiger partial charge in [-0.2, -0.15) is 13.2 Å². The van der Waals surface area contributed by atoms with Crippen molar-refractivity contribution in [3.63, 3.8) is 0 Å². The lowest BCUT2D eigenvalue weighted by Crippen LogP contribution is -2.43. The number of Topliss-reactive ketones (excluding diaryl/α,β-unsaturated/α-hetero) is 1. The summed E-state index contributed by atoms with van der Waals surface area (Å²) in [7, 11) is 0. The molecule has 2 aromatic rings. The van der Waals surface area contributed by atoms with Crippen LogP contribution in [0.15, 0.2) is 30.6 Å². The number of pyridine rings is 2. The van der Waals surface area contributed by atoms with E-state index in [9.17, 15) is 37.1 Å². The van der Waals surface area contributed by atoms with Crippen LogP contribution in [0.5, 0.6) is 0 Å². The summed E-state index contributed by atoms with van der Waals surface area (Å²) in [4.78, 5) is 45.4. The molecule has 0 saturated carbocycles. The molecule has 1 aliphatic heterocycles. The molecular weight excluding hydrogens is 486 g/mol. The molecule has 0 unspecified atom stereocenters. The molecule has 1 N–H and O–H groups in total. The number of carbonyl (C=O) groups is 3. The van der Waals surface area contributed by atoms with Gasteiger partial charge >= 0.3 is 18.2 Å². The van der Waals surface area contributed by atoms with Crippen LogP contribution in [-0.4, -0.2) is 62.2 Å². The fourth-order valence-electron chi connectivity index (χ4n) is 3.80. The number of aryl methyl sites for hydroxylation is 1. The van der Waals surface area contributed by atoms with Crippen molar-refractivity contribution in [1.82, 2.24) is 14.9 Å². The highest BCUT2D eigenvalue weighted by Gasteiger charge is 2.41. The van der Waals surface area contributed by atoms with Gasteiger partial charge in [-0.25, -0.2) is 14.0 Å². The number of hydrogen-bond acceptors (Lipinski definition) is 6. The largest absolute Gasteiger partial charge is 0.478 e. The Morgan fingerprint density at radius 2 is 1.83 bits per heavy atom. The molecule has 36 heavy (non-hydrogen) atoms. The van der Waals surface area contributed by atoms with Gasteiger partial charge in [-0.3, -0.25) is 19.7 Å². The zero-order valence-electron chi connectivity index (χ0n) is 19.8. The first-order valence-corrected chi connectivity index (χ1v) is 11.1. The summed E-state index contributed by atoms with van der Waals surface area (Å²) >= 11 is 0. The Morgan fingerprint density at radius 3 is 2.39 bits per heavy atom. The van der Waals surface area contributed by atoms with Gasteiger partial charge in [0.05, 0.1) is 23.8 Å². The number of alkyl halides is 4. The second kappa shape index (κ2) is 10.2. The molecule has 3 heterocycles. The van der Waals surface area contributed by atoms with Crippen LogP contribution in [0.2, 0.25) is 0 Å². The van der Waals surface area contributed by atoms with Crippen molar-refractivity contribution >= 4 is 17.8 Å². The number of aromatic carboxylic acids is 1. The fraction of sp³-hybridized carbons (Fsp3) is 0.458. The number of ether oxygens (including phenoxy) is 1. The summed E-state index contributed by atoms with van der Waals surface area (Å²) < 4.78 is 57.7. The molecule has 1 fully saturated rings. The average molecular weight is 511 g/mol. The van der Waals surface area contributed by atoms with Crippen molar-refractivity contribution in [1.29, 1.82) is 0 Å². The topological polar surface area (TPSA) is 110 Å². The van der Waals surface area contributed by atoms with Gasteiger partial charge in [0.1, 0.15) is 17.5 Å². The molecule has 12 heteroatoms. The van der Waals surface area contributed by atoms with Gasteiger partial charge in [-0.15, -0.1) is 0 Å². The number of carboxylic acid groups (broad SMARTS) is 1. The SMILES string of the molecule is CC(C)(C)OC(=O)N1C[C@H](F)C[C@H]1C(=O)CCc1cc(-c2ccc(C(F)(F)F)nc2)ncc1C(=O)O. The molecule has 1 amide bonds. The van der Waals surface area contributed by atoms with Crippen molar-refractivity contribution in [2.45, 2.75) is 64.0 Å². The second-order valence-corrected chi connectivity index (χ2v) is 9.41. The van der Waals surface area contributed by atoms with Gasteiger partial charge in [0, 0.05) is 30.8 Å². The number of ketones is 1. The van der Waals surface area contributed by atoms with E-state index in [-0.39, 0.29) is 48.2 Å².